The molecule has 0 aromatic carbocycles. The third kappa shape index (κ3) is 5.47. The maximum absolute atomic E-state index is 4.34. The molecule has 0 amide bonds. The molecule has 0 bridgehead atoms. The quantitative estimate of drug-likeness (QED) is 0.597. The third-order valence-corrected chi connectivity index (χ3v) is 4.66. The Morgan fingerprint density at radius 1 is 1.33 bits per heavy atom. The van der Waals surface area contributed by atoms with Gasteiger partial charge in [-0.1, -0.05) is 43.7 Å². The molecule has 1 aliphatic rings. The van der Waals surface area contributed by atoms with Gasteiger partial charge in [-0.3, -0.25) is 0 Å². The van der Waals surface area contributed by atoms with Crippen molar-refractivity contribution in [3.8, 4) is 0 Å². The molecule has 1 fully saturated rings. The molecule has 1 heteroatoms. The van der Waals surface area contributed by atoms with Crippen molar-refractivity contribution in [3.63, 3.8) is 0 Å². The normalized spacial score (nSPS) is 30.2. The Morgan fingerprint density at radius 2 is 2.00 bits per heavy atom. The first kappa shape index (κ1) is 18.2. The van der Waals surface area contributed by atoms with Crippen LogP contribution < -0.4 is 5.32 Å². The monoisotopic (exact) mass is 289 g/mol. The molecule has 1 nitrogen and oxygen atoms in total. The van der Waals surface area contributed by atoms with Gasteiger partial charge in [-0.25, -0.2) is 0 Å². The van der Waals surface area contributed by atoms with Crippen molar-refractivity contribution >= 4 is 0 Å². The number of rotatable bonds is 7. The summed E-state index contributed by atoms with van der Waals surface area (Å²) in [5, 5.41) is 3.88. The van der Waals surface area contributed by atoms with E-state index >= 15 is 0 Å². The Morgan fingerprint density at radius 3 is 2.52 bits per heavy atom. The Hall–Kier alpha value is -0.820. The van der Waals surface area contributed by atoms with E-state index in [1.165, 1.54) is 31.3 Å². The van der Waals surface area contributed by atoms with E-state index in [2.05, 4.69) is 65.2 Å². The van der Waals surface area contributed by atoms with Gasteiger partial charge in [0.25, 0.3) is 0 Å². The highest BCUT2D eigenvalue weighted by Gasteiger charge is 2.39. The molecule has 1 heterocycles. The lowest BCUT2D eigenvalue weighted by Crippen LogP contribution is -2.59. The summed E-state index contributed by atoms with van der Waals surface area (Å²) in [6.07, 6.45) is 12.4. The lowest BCUT2D eigenvalue weighted by atomic mass is 9.71. The van der Waals surface area contributed by atoms with Crippen LogP contribution in [-0.4, -0.2) is 11.1 Å². The van der Waals surface area contributed by atoms with Gasteiger partial charge in [-0.05, 0) is 59.3 Å². The predicted octanol–water partition coefficient (Wildman–Crippen LogP) is 5.65. The van der Waals surface area contributed by atoms with Gasteiger partial charge < -0.3 is 5.32 Å². The van der Waals surface area contributed by atoms with Gasteiger partial charge in [-0.2, -0.15) is 0 Å². The third-order valence-electron chi connectivity index (χ3n) is 4.66. The molecule has 1 rings (SSSR count). The number of hydrogen-bond acceptors (Lipinski definition) is 1. The molecule has 3 atom stereocenters. The van der Waals surface area contributed by atoms with Gasteiger partial charge in [0.2, 0.25) is 0 Å². The van der Waals surface area contributed by atoms with Crippen LogP contribution in [0.3, 0.4) is 0 Å². The standard InChI is InChI=1S/C20H35N/c1-8-11-18(10-3)16(4)13-17-14-19(5,6)21-20(7,15-17)12-9-2/h8,10-11,17-18,21H,3-4,9,12-15H2,1-2,5-7H3. The fourth-order valence-corrected chi connectivity index (χ4v) is 4.31. The van der Waals surface area contributed by atoms with Gasteiger partial charge >= 0.3 is 0 Å². The molecular weight excluding hydrogens is 254 g/mol. The van der Waals surface area contributed by atoms with E-state index in [0.29, 0.717) is 5.92 Å². The zero-order valence-corrected chi connectivity index (χ0v) is 14.8. The largest absolute Gasteiger partial charge is 0.307 e. The van der Waals surface area contributed by atoms with Crippen molar-refractivity contribution in [1.82, 2.24) is 5.32 Å². The molecule has 0 aromatic rings. The van der Waals surface area contributed by atoms with Crippen LogP contribution in [-0.2, 0) is 0 Å². The second kappa shape index (κ2) is 7.45. The van der Waals surface area contributed by atoms with E-state index in [4.69, 9.17) is 0 Å². The Labute approximate surface area is 132 Å². The maximum Gasteiger partial charge on any atom is 0.0160 e. The van der Waals surface area contributed by atoms with E-state index in [9.17, 15) is 0 Å². The van der Waals surface area contributed by atoms with E-state index in [-0.39, 0.29) is 11.1 Å². The second-order valence-corrected chi connectivity index (χ2v) is 7.74. The second-order valence-electron chi connectivity index (χ2n) is 7.74. The van der Waals surface area contributed by atoms with Crippen molar-refractivity contribution in [3.05, 3.63) is 37.0 Å². The average molecular weight is 290 g/mol. The van der Waals surface area contributed by atoms with Crippen molar-refractivity contribution < 1.29 is 0 Å². The van der Waals surface area contributed by atoms with Crippen LogP contribution in [0.4, 0.5) is 0 Å². The molecule has 0 spiro atoms. The highest BCUT2D eigenvalue weighted by atomic mass is 15.1. The minimum atomic E-state index is 0.220. The van der Waals surface area contributed by atoms with Gasteiger partial charge in [0.1, 0.15) is 0 Å². The topological polar surface area (TPSA) is 12.0 Å². The van der Waals surface area contributed by atoms with Gasteiger partial charge in [0.15, 0.2) is 0 Å². The number of piperidine rings is 1. The van der Waals surface area contributed by atoms with Crippen molar-refractivity contribution in [2.75, 3.05) is 0 Å². The number of hydrogen-bond donors (Lipinski definition) is 1. The SMILES string of the molecule is C=CC(C=CC)C(=C)CC1CC(C)(C)NC(C)(CCC)C1. The lowest BCUT2D eigenvalue weighted by molar-refractivity contribution is 0.108. The van der Waals surface area contributed by atoms with Crippen LogP contribution in [0.5, 0.6) is 0 Å². The Balaban J connectivity index is 2.77. The fourth-order valence-electron chi connectivity index (χ4n) is 4.31. The van der Waals surface area contributed by atoms with Crippen molar-refractivity contribution in [2.24, 2.45) is 11.8 Å². The van der Waals surface area contributed by atoms with Crippen LogP contribution in [0.2, 0.25) is 0 Å². The molecule has 0 aliphatic carbocycles. The van der Waals surface area contributed by atoms with Gasteiger partial charge in [-0.15, -0.1) is 6.58 Å². The summed E-state index contributed by atoms with van der Waals surface area (Å²) in [4.78, 5) is 0. The molecule has 0 radical (unpaired) electrons. The summed E-state index contributed by atoms with van der Waals surface area (Å²) >= 11 is 0. The smallest absolute Gasteiger partial charge is 0.0160 e. The van der Waals surface area contributed by atoms with E-state index in [1.54, 1.807) is 0 Å². The molecule has 1 N–H and O–H groups in total. The highest BCUT2D eigenvalue weighted by molar-refractivity contribution is 5.17. The van der Waals surface area contributed by atoms with Crippen molar-refractivity contribution in [1.29, 1.82) is 0 Å². The van der Waals surface area contributed by atoms with Crippen molar-refractivity contribution in [2.45, 2.75) is 77.8 Å². The van der Waals surface area contributed by atoms with Crippen LogP contribution in [0, 0.1) is 11.8 Å². The average Bonchev–Trinajstić information content (AvgIpc) is 2.32. The van der Waals surface area contributed by atoms with Crippen LogP contribution in [0.25, 0.3) is 0 Å². The summed E-state index contributed by atoms with van der Waals surface area (Å²) in [5.74, 6) is 1.04. The molecule has 0 saturated carbocycles. The van der Waals surface area contributed by atoms with Gasteiger partial charge in [0.05, 0.1) is 0 Å². The number of allylic oxidation sites excluding steroid dienone is 4. The van der Waals surface area contributed by atoms with Crippen LogP contribution in [0.15, 0.2) is 37.0 Å². The molecule has 1 saturated heterocycles. The molecular formula is C20H35N. The molecule has 120 valence electrons. The zero-order valence-electron chi connectivity index (χ0n) is 14.8. The summed E-state index contributed by atoms with van der Waals surface area (Å²) < 4.78 is 0. The fraction of sp³-hybridized carbons (Fsp3) is 0.700. The minimum absolute atomic E-state index is 0.220. The first-order valence-corrected chi connectivity index (χ1v) is 8.47. The predicted molar refractivity (Wildman–Crippen MR) is 95.5 cm³/mol. The Bertz CT molecular complexity index is 391. The Kier molecular flexibility index (Phi) is 6.46. The van der Waals surface area contributed by atoms with E-state index in [0.717, 1.165) is 12.3 Å². The molecule has 0 aromatic heterocycles. The van der Waals surface area contributed by atoms with Crippen LogP contribution >= 0.6 is 0 Å². The first-order chi connectivity index (χ1) is 9.75. The molecule has 1 aliphatic heterocycles. The summed E-state index contributed by atoms with van der Waals surface area (Å²) in [6.45, 7) is 19.7. The minimum Gasteiger partial charge on any atom is -0.307 e. The van der Waals surface area contributed by atoms with Gasteiger partial charge in [0, 0.05) is 17.0 Å². The summed E-state index contributed by atoms with van der Waals surface area (Å²) in [6, 6.07) is 0. The van der Waals surface area contributed by atoms with Crippen LogP contribution in [0.1, 0.15) is 66.7 Å². The zero-order chi connectivity index (χ0) is 16.1. The summed E-state index contributed by atoms with van der Waals surface area (Å²) in [7, 11) is 0. The van der Waals surface area contributed by atoms with E-state index in [1.807, 2.05) is 6.08 Å². The highest BCUT2D eigenvalue weighted by Crippen LogP contribution is 2.39. The lowest BCUT2D eigenvalue weighted by Gasteiger charge is -2.49. The van der Waals surface area contributed by atoms with E-state index < -0.39 is 0 Å². The maximum atomic E-state index is 4.34. The molecule has 21 heavy (non-hydrogen) atoms. The first-order valence-electron chi connectivity index (χ1n) is 8.47. The summed E-state index contributed by atoms with van der Waals surface area (Å²) in [5.41, 5.74) is 1.80. The number of nitrogens with one attached hydrogen (secondary N) is 1. The molecule has 3 unspecified atom stereocenters.